The standard InChI is InChI=1S/C24H22FN3O4S2/c1-2-32-16-15-28-22-20(25)9-6-10-21(22)33-24(28)26-23(29)17-11-13-18(14-12-17)27-34(30,31)19-7-4-3-5-8-19/h3-14,27H,2,15-16H2,1H3. The maximum atomic E-state index is 14.5. The van der Waals surface area contributed by atoms with Gasteiger partial charge in [0.25, 0.3) is 15.9 Å². The van der Waals surface area contributed by atoms with Crippen LogP contribution in [0.2, 0.25) is 0 Å². The van der Waals surface area contributed by atoms with Gasteiger partial charge < -0.3 is 9.30 Å². The van der Waals surface area contributed by atoms with Gasteiger partial charge in [0.15, 0.2) is 4.80 Å². The molecular formula is C24H22FN3O4S2. The van der Waals surface area contributed by atoms with Gasteiger partial charge in [0.2, 0.25) is 0 Å². The number of hydrogen-bond acceptors (Lipinski definition) is 5. The molecule has 176 valence electrons. The van der Waals surface area contributed by atoms with Crippen LogP contribution in [-0.2, 0) is 21.3 Å². The minimum Gasteiger partial charge on any atom is -0.380 e. The molecule has 7 nitrogen and oxygen atoms in total. The molecule has 3 aromatic carbocycles. The Bertz CT molecular complexity index is 1480. The highest BCUT2D eigenvalue weighted by Crippen LogP contribution is 2.21. The summed E-state index contributed by atoms with van der Waals surface area (Å²) in [6.45, 7) is 3.10. The Labute approximate surface area is 200 Å². The summed E-state index contributed by atoms with van der Waals surface area (Å²) in [5.74, 6) is -0.913. The van der Waals surface area contributed by atoms with E-state index in [2.05, 4.69) is 9.71 Å². The van der Waals surface area contributed by atoms with E-state index < -0.39 is 21.7 Å². The van der Waals surface area contributed by atoms with Crippen molar-refractivity contribution in [3.8, 4) is 0 Å². The third-order valence-electron chi connectivity index (χ3n) is 4.95. The lowest BCUT2D eigenvalue weighted by atomic mass is 10.2. The fourth-order valence-electron chi connectivity index (χ4n) is 3.33. The summed E-state index contributed by atoms with van der Waals surface area (Å²) in [5.41, 5.74) is 0.970. The molecule has 0 aliphatic rings. The van der Waals surface area contributed by atoms with Gasteiger partial charge in [-0.25, -0.2) is 12.8 Å². The highest BCUT2D eigenvalue weighted by Gasteiger charge is 2.15. The van der Waals surface area contributed by atoms with Crippen molar-refractivity contribution in [3.05, 3.63) is 89.0 Å². The fourth-order valence-corrected chi connectivity index (χ4v) is 5.47. The lowest BCUT2D eigenvalue weighted by Gasteiger charge is -2.08. The van der Waals surface area contributed by atoms with Gasteiger partial charge in [-0.1, -0.05) is 35.6 Å². The number of hydrogen-bond donors (Lipinski definition) is 1. The Morgan fingerprint density at radius 2 is 1.79 bits per heavy atom. The van der Waals surface area contributed by atoms with Crippen LogP contribution in [0.5, 0.6) is 0 Å². The van der Waals surface area contributed by atoms with Gasteiger partial charge in [-0.05, 0) is 55.5 Å². The van der Waals surface area contributed by atoms with E-state index in [1.807, 2.05) is 6.92 Å². The first-order valence-electron chi connectivity index (χ1n) is 10.5. The number of aromatic nitrogens is 1. The molecule has 0 aliphatic carbocycles. The molecule has 0 unspecified atom stereocenters. The quantitative estimate of drug-likeness (QED) is 0.364. The Morgan fingerprint density at radius 1 is 1.06 bits per heavy atom. The molecule has 4 rings (SSSR count). The molecule has 4 aromatic rings. The minimum atomic E-state index is -3.74. The average Bonchev–Trinajstić information content (AvgIpc) is 3.18. The lowest BCUT2D eigenvalue weighted by molar-refractivity contribution is 0.0996. The maximum Gasteiger partial charge on any atom is 0.279 e. The largest absolute Gasteiger partial charge is 0.380 e. The van der Waals surface area contributed by atoms with Crippen molar-refractivity contribution >= 4 is 43.2 Å². The number of thiazole rings is 1. The van der Waals surface area contributed by atoms with Crippen molar-refractivity contribution < 1.29 is 22.3 Å². The highest BCUT2D eigenvalue weighted by molar-refractivity contribution is 7.92. The molecule has 0 saturated heterocycles. The Kier molecular flexibility index (Phi) is 7.20. The Morgan fingerprint density at radius 3 is 2.50 bits per heavy atom. The average molecular weight is 500 g/mol. The molecule has 0 spiro atoms. The second kappa shape index (κ2) is 10.3. The summed E-state index contributed by atoms with van der Waals surface area (Å²) < 4.78 is 49.7. The van der Waals surface area contributed by atoms with Crippen LogP contribution in [0, 0.1) is 5.82 Å². The molecular weight excluding hydrogens is 477 g/mol. The topological polar surface area (TPSA) is 89.8 Å². The van der Waals surface area contributed by atoms with Crippen LogP contribution < -0.4 is 9.52 Å². The van der Waals surface area contributed by atoms with E-state index in [1.54, 1.807) is 34.9 Å². The van der Waals surface area contributed by atoms with E-state index >= 15 is 0 Å². The Balaban J connectivity index is 1.61. The third kappa shape index (κ3) is 5.24. The van der Waals surface area contributed by atoms with Crippen molar-refractivity contribution in [2.75, 3.05) is 17.9 Å². The number of nitrogens with zero attached hydrogens (tertiary/aromatic N) is 2. The van der Waals surface area contributed by atoms with Crippen molar-refractivity contribution in [3.63, 3.8) is 0 Å². The van der Waals surface area contributed by atoms with Gasteiger partial charge in [-0.15, -0.1) is 0 Å². The number of para-hydroxylation sites is 1. The van der Waals surface area contributed by atoms with Crippen LogP contribution in [0.1, 0.15) is 17.3 Å². The second-order valence-electron chi connectivity index (χ2n) is 7.23. The predicted molar refractivity (Wildman–Crippen MR) is 130 cm³/mol. The summed E-state index contributed by atoms with van der Waals surface area (Å²) in [4.78, 5) is 17.6. The zero-order valence-electron chi connectivity index (χ0n) is 18.3. The van der Waals surface area contributed by atoms with Crippen molar-refractivity contribution in [1.82, 2.24) is 4.57 Å². The number of nitrogens with one attached hydrogen (secondary N) is 1. The molecule has 10 heteroatoms. The Hall–Kier alpha value is -3.34. The number of halogens is 1. The summed E-state index contributed by atoms with van der Waals surface area (Å²) >= 11 is 1.22. The van der Waals surface area contributed by atoms with Crippen LogP contribution in [0.25, 0.3) is 10.2 Å². The van der Waals surface area contributed by atoms with E-state index in [-0.39, 0.29) is 10.5 Å². The summed E-state index contributed by atoms with van der Waals surface area (Å²) in [6.07, 6.45) is 0. The van der Waals surface area contributed by atoms with Gasteiger partial charge in [-0.3, -0.25) is 9.52 Å². The number of ether oxygens (including phenoxy) is 1. The van der Waals surface area contributed by atoms with Gasteiger partial charge in [0.05, 0.1) is 21.7 Å². The van der Waals surface area contributed by atoms with Gasteiger partial charge in [0, 0.05) is 24.4 Å². The zero-order valence-corrected chi connectivity index (χ0v) is 19.9. The molecule has 0 aliphatic heterocycles. The van der Waals surface area contributed by atoms with E-state index in [4.69, 9.17) is 4.74 Å². The van der Waals surface area contributed by atoms with E-state index in [0.717, 1.165) is 0 Å². The minimum absolute atomic E-state index is 0.138. The van der Waals surface area contributed by atoms with E-state index in [0.29, 0.717) is 40.5 Å². The van der Waals surface area contributed by atoms with Crippen LogP contribution in [-0.4, -0.2) is 32.1 Å². The van der Waals surface area contributed by atoms with Crippen LogP contribution >= 0.6 is 11.3 Å². The van der Waals surface area contributed by atoms with Crippen molar-refractivity contribution in [2.45, 2.75) is 18.4 Å². The summed E-state index contributed by atoms with van der Waals surface area (Å²) in [5, 5.41) is 0. The number of rotatable bonds is 8. The monoisotopic (exact) mass is 499 g/mol. The summed E-state index contributed by atoms with van der Waals surface area (Å²) in [7, 11) is -3.74. The number of amides is 1. The molecule has 0 fully saturated rings. The highest BCUT2D eigenvalue weighted by atomic mass is 32.2. The molecule has 1 heterocycles. The molecule has 0 saturated carbocycles. The molecule has 0 radical (unpaired) electrons. The number of carbonyl (C=O) groups is 1. The lowest BCUT2D eigenvalue weighted by Crippen LogP contribution is -2.20. The zero-order chi connectivity index (χ0) is 24.1. The van der Waals surface area contributed by atoms with Crippen LogP contribution in [0.4, 0.5) is 10.1 Å². The normalized spacial score (nSPS) is 12.2. The predicted octanol–water partition coefficient (Wildman–Crippen LogP) is 4.42. The summed E-state index contributed by atoms with van der Waals surface area (Å²) in [6, 6.07) is 18.7. The first-order chi connectivity index (χ1) is 16.4. The van der Waals surface area contributed by atoms with Gasteiger partial charge in [-0.2, -0.15) is 4.99 Å². The van der Waals surface area contributed by atoms with Crippen LogP contribution in [0.15, 0.2) is 82.7 Å². The molecule has 0 bridgehead atoms. The number of sulfonamides is 1. The fraction of sp³-hybridized carbons (Fsp3) is 0.167. The first kappa shape index (κ1) is 23.8. The third-order valence-corrected chi connectivity index (χ3v) is 7.39. The second-order valence-corrected chi connectivity index (χ2v) is 9.92. The first-order valence-corrected chi connectivity index (χ1v) is 12.8. The molecule has 34 heavy (non-hydrogen) atoms. The SMILES string of the molecule is CCOCCn1c(=NC(=O)c2ccc(NS(=O)(=O)c3ccccc3)cc2)sc2cccc(F)c21. The van der Waals surface area contributed by atoms with Crippen molar-refractivity contribution in [1.29, 1.82) is 0 Å². The van der Waals surface area contributed by atoms with E-state index in [9.17, 15) is 17.6 Å². The smallest absolute Gasteiger partial charge is 0.279 e. The van der Waals surface area contributed by atoms with Gasteiger partial charge in [0.1, 0.15) is 5.82 Å². The maximum absolute atomic E-state index is 14.5. The molecule has 1 aromatic heterocycles. The molecule has 1 N–H and O–H groups in total. The molecule has 1 amide bonds. The van der Waals surface area contributed by atoms with E-state index in [1.165, 1.54) is 53.8 Å². The number of carbonyl (C=O) groups excluding carboxylic acids is 1. The molecule has 0 atom stereocenters. The van der Waals surface area contributed by atoms with Gasteiger partial charge >= 0.3 is 0 Å². The van der Waals surface area contributed by atoms with Crippen LogP contribution in [0.3, 0.4) is 0 Å². The van der Waals surface area contributed by atoms with Crippen molar-refractivity contribution in [2.24, 2.45) is 4.99 Å². The number of benzene rings is 3. The number of anilines is 1. The number of fused-ring (bicyclic) bond motifs is 1.